The fourth-order valence-corrected chi connectivity index (χ4v) is 4.34. The highest BCUT2D eigenvalue weighted by Gasteiger charge is 2.26. The van der Waals surface area contributed by atoms with E-state index in [1.807, 2.05) is 11.9 Å². The molecule has 0 unspecified atom stereocenters. The summed E-state index contributed by atoms with van der Waals surface area (Å²) in [5.41, 5.74) is -0.776. The normalized spacial score (nSPS) is 14.9. The van der Waals surface area contributed by atoms with Crippen molar-refractivity contribution in [2.75, 3.05) is 44.8 Å². The average Bonchev–Trinajstić information content (AvgIpc) is 2.81. The van der Waals surface area contributed by atoms with Crippen LogP contribution in [0.5, 0.6) is 0 Å². The Kier molecular flexibility index (Phi) is 7.23. The lowest BCUT2D eigenvalue weighted by atomic mass is 10.0. The molecule has 4 rings (SSSR count). The Labute approximate surface area is 203 Å². The van der Waals surface area contributed by atoms with Crippen LogP contribution in [0.25, 0.3) is 17.0 Å². The maximum Gasteiger partial charge on any atom is 0.200 e. The molecule has 2 heterocycles. The van der Waals surface area contributed by atoms with Crippen LogP contribution in [0.4, 0.5) is 18.9 Å². The number of carbonyl (C=O) groups is 1. The number of likely N-dealkylation sites (N-methyl/N-ethyl adjacent to an activating group) is 1. The second kappa shape index (κ2) is 10.1. The van der Waals surface area contributed by atoms with Gasteiger partial charge < -0.3 is 14.4 Å². The van der Waals surface area contributed by atoms with Gasteiger partial charge in [0, 0.05) is 36.8 Å². The number of aryl methyl sites for hydroxylation is 1. The maximum atomic E-state index is 15.6. The summed E-state index contributed by atoms with van der Waals surface area (Å²) < 4.78 is 46.1. The third-order valence-corrected chi connectivity index (χ3v) is 6.47. The molecule has 1 aromatic heterocycles. The van der Waals surface area contributed by atoms with Crippen LogP contribution in [0.1, 0.15) is 15.9 Å². The number of benzene rings is 2. The second-order valence-electron chi connectivity index (χ2n) is 8.21. The molecule has 1 aliphatic heterocycles. The number of halogens is 4. The minimum absolute atomic E-state index is 0.202. The van der Waals surface area contributed by atoms with E-state index in [9.17, 15) is 14.0 Å². The van der Waals surface area contributed by atoms with Gasteiger partial charge in [0.05, 0.1) is 23.0 Å². The topological polar surface area (TPSA) is 45.6 Å². The van der Waals surface area contributed by atoms with Crippen molar-refractivity contribution < 1.29 is 18.0 Å². The van der Waals surface area contributed by atoms with Crippen molar-refractivity contribution in [1.29, 1.82) is 0 Å². The average molecular weight is 534 g/mol. The predicted molar refractivity (Wildman–Crippen MR) is 131 cm³/mol. The van der Waals surface area contributed by atoms with E-state index in [1.54, 1.807) is 29.2 Å². The monoisotopic (exact) mass is 533 g/mol. The summed E-state index contributed by atoms with van der Waals surface area (Å²) in [5.74, 6) is -2.44. The SMILES string of the molecule is CN1CCN(c2c(F)cc3c(=O)c(C(=O)/C=C/c4ccc(Br)cc4)cn(CCF)c3c2F)CC1. The van der Waals surface area contributed by atoms with Crippen LogP contribution in [0.3, 0.4) is 0 Å². The highest BCUT2D eigenvalue weighted by Crippen LogP contribution is 2.31. The lowest BCUT2D eigenvalue weighted by molar-refractivity contribution is 0.104. The van der Waals surface area contributed by atoms with Gasteiger partial charge in [-0.1, -0.05) is 34.1 Å². The Bertz CT molecular complexity index is 1310. The van der Waals surface area contributed by atoms with Crippen LogP contribution in [0, 0.1) is 11.6 Å². The van der Waals surface area contributed by atoms with Gasteiger partial charge in [0.1, 0.15) is 18.2 Å². The van der Waals surface area contributed by atoms with Gasteiger partial charge in [-0.05, 0) is 36.9 Å². The van der Waals surface area contributed by atoms with Crippen LogP contribution in [-0.4, -0.2) is 55.2 Å². The van der Waals surface area contributed by atoms with Crippen molar-refractivity contribution in [3.05, 3.63) is 80.1 Å². The largest absolute Gasteiger partial charge is 0.364 e. The number of allylic oxidation sites excluding steroid dienone is 1. The van der Waals surface area contributed by atoms with Gasteiger partial charge in [-0.25, -0.2) is 13.2 Å². The summed E-state index contributed by atoms with van der Waals surface area (Å²) in [6, 6.07) is 8.12. The number of alkyl halides is 1. The van der Waals surface area contributed by atoms with Crippen LogP contribution in [0.15, 0.2) is 51.9 Å². The molecular weight excluding hydrogens is 511 g/mol. The Morgan fingerprint density at radius 3 is 2.44 bits per heavy atom. The number of hydrogen-bond donors (Lipinski definition) is 0. The molecule has 0 spiro atoms. The first-order valence-electron chi connectivity index (χ1n) is 10.8. The van der Waals surface area contributed by atoms with E-state index in [4.69, 9.17) is 0 Å². The molecule has 0 bridgehead atoms. The lowest BCUT2D eigenvalue weighted by Crippen LogP contribution is -2.45. The molecule has 2 aromatic carbocycles. The fourth-order valence-electron chi connectivity index (χ4n) is 4.08. The number of piperazine rings is 1. The molecule has 178 valence electrons. The number of anilines is 1. The molecule has 34 heavy (non-hydrogen) atoms. The van der Waals surface area contributed by atoms with E-state index in [-0.39, 0.29) is 28.7 Å². The molecule has 0 saturated carbocycles. The first-order chi connectivity index (χ1) is 16.3. The minimum Gasteiger partial charge on any atom is -0.364 e. The number of aromatic nitrogens is 1. The van der Waals surface area contributed by atoms with Crippen molar-refractivity contribution in [2.24, 2.45) is 0 Å². The number of ketones is 1. The molecule has 1 saturated heterocycles. The van der Waals surface area contributed by atoms with Crippen molar-refractivity contribution >= 4 is 44.4 Å². The van der Waals surface area contributed by atoms with Crippen LogP contribution < -0.4 is 10.3 Å². The molecule has 9 heteroatoms. The zero-order valence-corrected chi connectivity index (χ0v) is 20.1. The van der Waals surface area contributed by atoms with Crippen LogP contribution in [0.2, 0.25) is 0 Å². The smallest absolute Gasteiger partial charge is 0.200 e. The van der Waals surface area contributed by atoms with E-state index >= 15 is 8.78 Å². The molecule has 5 nitrogen and oxygen atoms in total. The zero-order valence-electron chi connectivity index (χ0n) is 18.5. The van der Waals surface area contributed by atoms with Gasteiger partial charge in [0.15, 0.2) is 11.6 Å². The number of hydrogen-bond acceptors (Lipinski definition) is 4. The summed E-state index contributed by atoms with van der Waals surface area (Å²) in [4.78, 5) is 29.6. The van der Waals surface area contributed by atoms with E-state index in [2.05, 4.69) is 15.9 Å². The number of carbonyl (C=O) groups excluding carboxylic acids is 1. The molecule has 3 aromatic rings. The highest BCUT2D eigenvalue weighted by atomic mass is 79.9. The summed E-state index contributed by atoms with van der Waals surface area (Å²) in [6.07, 6.45) is 3.92. The van der Waals surface area contributed by atoms with Crippen molar-refractivity contribution in [1.82, 2.24) is 9.47 Å². The molecular formula is C25H23BrF3N3O2. The summed E-state index contributed by atoms with van der Waals surface area (Å²) in [7, 11) is 1.92. The van der Waals surface area contributed by atoms with Crippen molar-refractivity contribution in [3.63, 3.8) is 0 Å². The first kappa shape index (κ1) is 24.2. The minimum atomic E-state index is -0.922. The molecule has 0 radical (unpaired) electrons. The van der Waals surface area contributed by atoms with Crippen molar-refractivity contribution in [3.8, 4) is 0 Å². The molecule has 0 N–H and O–H groups in total. The van der Waals surface area contributed by atoms with Gasteiger partial charge >= 0.3 is 0 Å². The van der Waals surface area contributed by atoms with Gasteiger partial charge in [-0.15, -0.1) is 0 Å². The Hall–Kier alpha value is -2.91. The summed E-state index contributed by atoms with van der Waals surface area (Å²) in [5, 5.41) is -0.288. The second-order valence-corrected chi connectivity index (χ2v) is 9.13. The van der Waals surface area contributed by atoms with Crippen LogP contribution >= 0.6 is 15.9 Å². The van der Waals surface area contributed by atoms with Gasteiger partial charge in [-0.2, -0.15) is 0 Å². The van der Waals surface area contributed by atoms with Gasteiger partial charge in [0.2, 0.25) is 5.43 Å². The summed E-state index contributed by atoms with van der Waals surface area (Å²) >= 11 is 3.33. The third-order valence-electron chi connectivity index (χ3n) is 5.94. The molecule has 0 amide bonds. The quantitative estimate of drug-likeness (QED) is 0.341. The van der Waals surface area contributed by atoms with Gasteiger partial charge in [0.25, 0.3) is 0 Å². The summed E-state index contributed by atoms with van der Waals surface area (Å²) in [6.45, 7) is 0.971. The number of rotatable bonds is 6. The molecule has 1 fully saturated rings. The van der Waals surface area contributed by atoms with E-state index < -0.39 is 29.5 Å². The van der Waals surface area contributed by atoms with Gasteiger partial charge in [-0.3, -0.25) is 9.59 Å². The number of nitrogens with zero attached hydrogens (tertiary/aromatic N) is 3. The molecule has 0 atom stereocenters. The van der Waals surface area contributed by atoms with Crippen LogP contribution in [-0.2, 0) is 6.54 Å². The molecule has 1 aliphatic rings. The Morgan fingerprint density at radius 1 is 1.12 bits per heavy atom. The van der Waals surface area contributed by atoms with E-state index in [0.717, 1.165) is 22.3 Å². The van der Waals surface area contributed by atoms with Crippen molar-refractivity contribution in [2.45, 2.75) is 6.54 Å². The predicted octanol–water partition coefficient (Wildman–Crippen LogP) is 4.66. The first-order valence-corrected chi connectivity index (χ1v) is 11.6. The third kappa shape index (κ3) is 4.81. The Morgan fingerprint density at radius 2 is 1.79 bits per heavy atom. The fraction of sp³-hybridized carbons (Fsp3) is 0.280. The van der Waals surface area contributed by atoms with E-state index in [1.165, 1.54) is 16.7 Å². The Balaban J connectivity index is 1.80. The lowest BCUT2D eigenvalue weighted by Gasteiger charge is -2.34. The van der Waals surface area contributed by atoms with E-state index in [0.29, 0.717) is 26.2 Å². The number of pyridine rings is 1. The standard InChI is InChI=1S/C25H23BrF3N3O2/c1-30-10-12-31(13-11-30)24-20(28)14-18-23(22(24)29)32(9-8-27)15-19(25(18)34)21(33)7-4-16-2-5-17(26)6-3-16/h2-7,14-15H,8-13H2,1H3/b7-4+. The number of fused-ring (bicyclic) bond motifs is 1. The maximum absolute atomic E-state index is 15.6. The highest BCUT2D eigenvalue weighted by molar-refractivity contribution is 9.10. The zero-order chi connectivity index (χ0) is 24.4. The molecule has 0 aliphatic carbocycles.